The van der Waals surface area contributed by atoms with Gasteiger partial charge in [-0.1, -0.05) is 18.2 Å². The molecule has 0 spiro atoms. The van der Waals surface area contributed by atoms with E-state index in [0.29, 0.717) is 24.1 Å². The van der Waals surface area contributed by atoms with E-state index in [1.54, 1.807) is 18.2 Å². The smallest absolute Gasteiger partial charge is 0.264 e. The highest BCUT2D eigenvalue weighted by Gasteiger charge is 2.31. The van der Waals surface area contributed by atoms with Gasteiger partial charge in [0.2, 0.25) is 0 Å². The molecule has 0 saturated carbocycles. The van der Waals surface area contributed by atoms with Crippen LogP contribution in [0, 0.1) is 0 Å². The molecule has 0 saturated heterocycles. The van der Waals surface area contributed by atoms with E-state index in [4.69, 9.17) is 4.42 Å². The second kappa shape index (κ2) is 6.14. The van der Waals surface area contributed by atoms with E-state index in [1.165, 1.54) is 15.3 Å². The quantitative estimate of drug-likeness (QED) is 0.447. The van der Waals surface area contributed by atoms with Gasteiger partial charge >= 0.3 is 0 Å². The number of aromatic nitrogens is 4. The summed E-state index contributed by atoms with van der Waals surface area (Å²) in [4.78, 5) is 0.249. The van der Waals surface area contributed by atoms with Crippen molar-refractivity contribution in [1.82, 2.24) is 20.2 Å². The van der Waals surface area contributed by atoms with Crippen molar-refractivity contribution >= 4 is 37.6 Å². The predicted molar refractivity (Wildman–Crippen MR) is 111 cm³/mol. The summed E-state index contributed by atoms with van der Waals surface area (Å²) in [5.74, 6) is 0. The first-order valence-electron chi connectivity index (χ1n) is 9.42. The number of furan rings is 1. The minimum Gasteiger partial charge on any atom is -0.456 e. The van der Waals surface area contributed by atoms with E-state index in [0.717, 1.165) is 27.7 Å². The van der Waals surface area contributed by atoms with Crippen LogP contribution in [0.3, 0.4) is 0 Å². The van der Waals surface area contributed by atoms with Crippen molar-refractivity contribution in [2.45, 2.75) is 11.3 Å². The Hall–Kier alpha value is -3.72. The highest BCUT2D eigenvalue weighted by molar-refractivity contribution is 7.92. The molecule has 5 aromatic rings. The Labute approximate surface area is 171 Å². The topological polar surface area (TPSA) is 94.1 Å². The van der Waals surface area contributed by atoms with Crippen LogP contribution >= 0.6 is 0 Å². The van der Waals surface area contributed by atoms with Gasteiger partial charge in [-0.05, 0) is 58.8 Å². The van der Waals surface area contributed by atoms with Crippen molar-refractivity contribution in [3.05, 3.63) is 72.6 Å². The average Bonchev–Trinajstić information content (AvgIpc) is 3.50. The van der Waals surface area contributed by atoms with Crippen LogP contribution in [0.5, 0.6) is 0 Å². The lowest BCUT2D eigenvalue weighted by atomic mass is 10.1. The summed E-state index contributed by atoms with van der Waals surface area (Å²) in [5.41, 5.74) is 3.82. The van der Waals surface area contributed by atoms with Crippen molar-refractivity contribution in [3.8, 4) is 5.69 Å². The lowest BCUT2D eigenvalue weighted by Gasteiger charge is -2.19. The van der Waals surface area contributed by atoms with E-state index >= 15 is 0 Å². The lowest BCUT2D eigenvalue weighted by Crippen LogP contribution is -2.29. The van der Waals surface area contributed by atoms with E-state index in [2.05, 4.69) is 15.5 Å². The summed E-state index contributed by atoms with van der Waals surface area (Å²) in [6.45, 7) is 0.446. The average molecular weight is 417 g/mol. The number of hydrogen-bond donors (Lipinski definition) is 0. The number of nitrogens with zero attached hydrogens (tertiary/aromatic N) is 5. The molecule has 148 valence electrons. The third-order valence-corrected chi connectivity index (χ3v) is 7.28. The third-order valence-electron chi connectivity index (χ3n) is 5.47. The number of para-hydroxylation sites is 1. The molecule has 0 unspecified atom stereocenters. The molecule has 0 N–H and O–H groups in total. The van der Waals surface area contributed by atoms with Crippen molar-refractivity contribution in [2.24, 2.45) is 0 Å². The van der Waals surface area contributed by atoms with Crippen molar-refractivity contribution in [1.29, 1.82) is 0 Å². The maximum atomic E-state index is 13.4. The zero-order valence-electron chi connectivity index (χ0n) is 15.6. The monoisotopic (exact) mass is 417 g/mol. The summed E-state index contributed by atoms with van der Waals surface area (Å²) in [6.07, 6.45) is 2.22. The molecule has 0 radical (unpaired) electrons. The van der Waals surface area contributed by atoms with Crippen molar-refractivity contribution in [2.75, 3.05) is 10.8 Å². The SMILES string of the molecule is O=S(=O)(c1ccc2oc3cc(-n4cnnn4)ccc3c2c1)N1CCc2ccccc21. The molecule has 0 amide bonds. The van der Waals surface area contributed by atoms with Crippen molar-refractivity contribution < 1.29 is 12.8 Å². The Bertz CT molecular complexity index is 1520. The summed E-state index contributed by atoms with van der Waals surface area (Å²) in [7, 11) is -3.67. The van der Waals surface area contributed by atoms with Crippen LogP contribution in [0.4, 0.5) is 5.69 Å². The predicted octanol–water partition coefficient (Wildman–Crippen LogP) is 3.31. The Morgan fingerprint density at radius 2 is 1.83 bits per heavy atom. The van der Waals surface area contributed by atoms with Gasteiger partial charge in [0.1, 0.15) is 17.5 Å². The molecule has 30 heavy (non-hydrogen) atoms. The number of benzene rings is 3. The van der Waals surface area contributed by atoms with Gasteiger partial charge in [0.05, 0.1) is 16.3 Å². The Kier molecular flexibility index (Phi) is 3.51. The fraction of sp³-hybridized carbons (Fsp3) is 0.0952. The highest BCUT2D eigenvalue weighted by Crippen LogP contribution is 2.36. The minimum absolute atomic E-state index is 0.249. The molecule has 8 nitrogen and oxygen atoms in total. The maximum Gasteiger partial charge on any atom is 0.264 e. The van der Waals surface area contributed by atoms with Gasteiger partial charge in [0.25, 0.3) is 10.0 Å². The number of tetrazole rings is 1. The first kappa shape index (κ1) is 17.2. The fourth-order valence-electron chi connectivity index (χ4n) is 4.01. The number of sulfonamides is 1. The molecule has 1 aliphatic rings. The molecule has 6 rings (SSSR count). The van der Waals surface area contributed by atoms with Gasteiger partial charge in [-0.2, -0.15) is 0 Å². The zero-order chi connectivity index (χ0) is 20.3. The van der Waals surface area contributed by atoms with E-state index in [9.17, 15) is 8.42 Å². The molecule has 3 aromatic carbocycles. The fourth-order valence-corrected chi connectivity index (χ4v) is 5.54. The molecule has 0 aliphatic carbocycles. The van der Waals surface area contributed by atoms with Crippen LogP contribution in [0.1, 0.15) is 5.56 Å². The molecule has 0 atom stereocenters. The standard InChI is InChI=1S/C21H15N5O3S/c27-30(28,26-10-9-14-3-1-2-4-19(14)26)16-6-8-20-18(12-16)17-7-5-15(11-21(17)29-20)25-13-22-23-24-25/h1-8,11-13H,9-10H2. The normalized spacial score (nSPS) is 13.9. The van der Waals surface area contributed by atoms with E-state index < -0.39 is 10.0 Å². The zero-order valence-corrected chi connectivity index (χ0v) is 16.5. The molecule has 2 aromatic heterocycles. The number of fused-ring (bicyclic) bond motifs is 4. The van der Waals surface area contributed by atoms with Gasteiger partial charge < -0.3 is 4.42 Å². The van der Waals surface area contributed by atoms with Gasteiger partial charge in [-0.25, -0.2) is 13.1 Å². The number of hydrogen-bond acceptors (Lipinski definition) is 6. The maximum absolute atomic E-state index is 13.4. The third kappa shape index (κ3) is 2.45. The highest BCUT2D eigenvalue weighted by atomic mass is 32.2. The van der Waals surface area contributed by atoms with E-state index in [-0.39, 0.29) is 4.90 Å². The van der Waals surface area contributed by atoms with Crippen LogP contribution in [-0.4, -0.2) is 35.2 Å². The van der Waals surface area contributed by atoms with Crippen LogP contribution in [-0.2, 0) is 16.4 Å². The van der Waals surface area contributed by atoms with Crippen LogP contribution in [0.25, 0.3) is 27.6 Å². The number of rotatable bonds is 3. The van der Waals surface area contributed by atoms with E-state index in [1.807, 2.05) is 42.5 Å². The van der Waals surface area contributed by atoms with Crippen molar-refractivity contribution in [3.63, 3.8) is 0 Å². The Morgan fingerprint density at radius 3 is 2.70 bits per heavy atom. The van der Waals surface area contributed by atoms with Crippen LogP contribution in [0.15, 0.2) is 76.3 Å². The summed E-state index contributed by atoms with van der Waals surface area (Å²) < 4.78 is 35.7. The lowest BCUT2D eigenvalue weighted by molar-refractivity contribution is 0.592. The first-order chi connectivity index (χ1) is 14.6. The molecular weight excluding hydrogens is 402 g/mol. The molecule has 9 heteroatoms. The number of anilines is 1. The molecule has 0 fully saturated rings. The molecule has 3 heterocycles. The van der Waals surface area contributed by atoms with Gasteiger partial charge in [0, 0.05) is 23.4 Å². The van der Waals surface area contributed by atoms with Crippen LogP contribution in [0.2, 0.25) is 0 Å². The second-order valence-electron chi connectivity index (χ2n) is 7.15. The molecule has 0 bridgehead atoms. The van der Waals surface area contributed by atoms with Gasteiger partial charge in [0.15, 0.2) is 0 Å². The molecular formula is C21H15N5O3S. The Balaban J connectivity index is 1.47. The summed E-state index contributed by atoms with van der Waals surface area (Å²) >= 11 is 0. The van der Waals surface area contributed by atoms with Crippen LogP contribution < -0.4 is 4.31 Å². The van der Waals surface area contributed by atoms with Gasteiger partial charge in [-0.3, -0.25) is 4.31 Å². The summed E-state index contributed by atoms with van der Waals surface area (Å²) in [6, 6.07) is 18.2. The minimum atomic E-state index is -3.67. The molecule has 1 aliphatic heterocycles. The first-order valence-corrected chi connectivity index (χ1v) is 10.9. The second-order valence-corrected chi connectivity index (χ2v) is 9.01. The van der Waals surface area contributed by atoms with Gasteiger partial charge in [-0.15, -0.1) is 5.10 Å². The largest absolute Gasteiger partial charge is 0.456 e. The Morgan fingerprint density at radius 1 is 0.933 bits per heavy atom. The summed E-state index contributed by atoms with van der Waals surface area (Å²) in [5, 5.41) is 12.8.